The molecule has 0 spiro atoms. The van der Waals surface area contributed by atoms with Gasteiger partial charge in [-0.1, -0.05) is 25.4 Å². The van der Waals surface area contributed by atoms with Gasteiger partial charge in [0.15, 0.2) is 0 Å². The van der Waals surface area contributed by atoms with E-state index in [-0.39, 0.29) is 23.1 Å². The van der Waals surface area contributed by atoms with E-state index in [1.165, 1.54) is 0 Å². The number of benzene rings is 1. The first-order chi connectivity index (χ1) is 8.18. The molecule has 18 heavy (non-hydrogen) atoms. The normalized spacial score (nSPS) is 12.7. The molecule has 4 nitrogen and oxygen atoms in total. The lowest BCUT2D eigenvalue weighted by Gasteiger charge is -2.21. The summed E-state index contributed by atoms with van der Waals surface area (Å²) in [7, 11) is -3.81. The molecular weight excluding hydrogens is 281 g/mol. The fraction of sp³-hybridized carbons (Fsp3) is 0.455. The van der Waals surface area contributed by atoms with E-state index in [1.54, 1.807) is 13.8 Å². The Labute approximate surface area is 111 Å². The zero-order valence-electron chi connectivity index (χ0n) is 10.1. The molecule has 1 rings (SSSR count). The summed E-state index contributed by atoms with van der Waals surface area (Å²) in [5.41, 5.74) is -0.584. The molecule has 0 radical (unpaired) electrons. The van der Waals surface area contributed by atoms with Crippen molar-refractivity contribution in [2.24, 2.45) is 5.41 Å². The van der Waals surface area contributed by atoms with E-state index in [2.05, 4.69) is 4.72 Å². The quantitative estimate of drug-likeness (QED) is 0.870. The van der Waals surface area contributed by atoms with Crippen molar-refractivity contribution in [1.29, 1.82) is 0 Å². The minimum absolute atomic E-state index is 0.0551. The summed E-state index contributed by atoms with van der Waals surface area (Å²) in [5, 5.41) is 8.87. The number of aliphatic hydroxyl groups is 1. The lowest BCUT2D eigenvalue weighted by Crippen LogP contribution is -2.36. The van der Waals surface area contributed by atoms with E-state index >= 15 is 0 Å². The molecule has 0 fully saturated rings. The second-order valence-electron chi connectivity index (χ2n) is 4.72. The average molecular weight is 296 g/mol. The van der Waals surface area contributed by atoms with Crippen LogP contribution in [0.1, 0.15) is 13.8 Å². The second kappa shape index (κ2) is 5.52. The van der Waals surface area contributed by atoms with E-state index in [9.17, 15) is 12.8 Å². The maximum Gasteiger partial charge on any atom is 0.242 e. The number of aliphatic hydroxyl groups excluding tert-OH is 1. The van der Waals surface area contributed by atoms with E-state index < -0.39 is 21.3 Å². The molecule has 0 aliphatic rings. The Kier molecular flexibility index (Phi) is 4.72. The molecule has 0 aliphatic carbocycles. The third-order valence-corrected chi connectivity index (χ3v) is 4.24. The molecule has 0 atom stereocenters. The Balaban J connectivity index is 2.94. The first kappa shape index (κ1) is 15.4. The standard InChI is InChI=1S/C11H15ClFNO3S/c1-11(2,7-15)6-14-18(16,17)10-4-3-8(13)5-9(10)12/h3-5,14-15H,6-7H2,1-2H3. The van der Waals surface area contributed by atoms with Crippen LogP contribution in [0.4, 0.5) is 4.39 Å². The topological polar surface area (TPSA) is 66.4 Å². The lowest BCUT2D eigenvalue weighted by atomic mass is 9.96. The SMILES string of the molecule is CC(C)(CO)CNS(=O)(=O)c1ccc(F)cc1Cl. The molecule has 102 valence electrons. The van der Waals surface area contributed by atoms with Crippen LogP contribution < -0.4 is 4.72 Å². The number of halogens is 2. The Bertz CT molecular complexity index is 531. The van der Waals surface area contributed by atoms with Crippen LogP contribution >= 0.6 is 11.6 Å². The molecule has 0 aromatic heterocycles. The van der Waals surface area contributed by atoms with Crippen LogP contribution in [-0.4, -0.2) is 26.7 Å². The second-order valence-corrected chi connectivity index (χ2v) is 6.86. The van der Waals surface area contributed by atoms with Gasteiger partial charge in [-0.25, -0.2) is 17.5 Å². The summed E-state index contributed by atoms with van der Waals surface area (Å²) in [4.78, 5) is -0.181. The minimum atomic E-state index is -3.81. The Morgan fingerprint density at radius 1 is 1.44 bits per heavy atom. The van der Waals surface area contributed by atoms with Crippen molar-refractivity contribution >= 4 is 21.6 Å². The van der Waals surface area contributed by atoms with Gasteiger partial charge in [0.2, 0.25) is 10.0 Å². The predicted molar refractivity (Wildman–Crippen MR) is 67.5 cm³/mol. The molecule has 0 saturated heterocycles. The minimum Gasteiger partial charge on any atom is -0.396 e. The van der Waals surface area contributed by atoms with Crippen LogP contribution in [0.5, 0.6) is 0 Å². The van der Waals surface area contributed by atoms with Crippen LogP contribution in [-0.2, 0) is 10.0 Å². The summed E-state index contributed by atoms with van der Waals surface area (Å²) < 4.78 is 39.0. The highest BCUT2D eigenvalue weighted by Crippen LogP contribution is 2.22. The van der Waals surface area contributed by atoms with E-state index in [0.717, 1.165) is 18.2 Å². The van der Waals surface area contributed by atoms with Crippen molar-refractivity contribution in [3.8, 4) is 0 Å². The average Bonchev–Trinajstić information content (AvgIpc) is 2.26. The van der Waals surface area contributed by atoms with Crippen LogP contribution in [0.2, 0.25) is 5.02 Å². The molecule has 0 heterocycles. The lowest BCUT2D eigenvalue weighted by molar-refractivity contribution is 0.163. The van der Waals surface area contributed by atoms with Gasteiger partial charge in [0.25, 0.3) is 0 Å². The van der Waals surface area contributed by atoms with Gasteiger partial charge in [0.05, 0.1) is 5.02 Å². The van der Waals surface area contributed by atoms with Gasteiger partial charge in [-0.15, -0.1) is 0 Å². The predicted octanol–water partition coefficient (Wildman–Crippen LogP) is 1.78. The van der Waals surface area contributed by atoms with Gasteiger partial charge in [-0.05, 0) is 18.2 Å². The fourth-order valence-corrected chi connectivity index (χ4v) is 2.89. The highest BCUT2D eigenvalue weighted by Gasteiger charge is 2.23. The first-order valence-electron chi connectivity index (χ1n) is 5.23. The van der Waals surface area contributed by atoms with Crippen molar-refractivity contribution in [1.82, 2.24) is 4.72 Å². The number of hydrogen-bond acceptors (Lipinski definition) is 3. The molecule has 0 unspecified atom stereocenters. The largest absolute Gasteiger partial charge is 0.396 e. The van der Waals surface area contributed by atoms with Crippen molar-refractivity contribution in [2.45, 2.75) is 18.7 Å². The Morgan fingerprint density at radius 3 is 2.56 bits per heavy atom. The number of nitrogens with one attached hydrogen (secondary N) is 1. The fourth-order valence-electron chi connectivity index (χ4n) is 1.12. The molecule has 1 aromatic rings. The van der Waals surface area contributed by atoms with Gasteiger partial charge in [-0.2, -0.15) is 0 Å². The Hall–Kier alpha value is -0.690. The number of sulfonamides is 1. The maximum absolute atomic E-state index is 12.8. The van der Waals surface area contributed by atoms with Crippen LogP contribution in [0.15, 0.2) is 23.1 Å². The van der Waals surface area contributed by atoms with Crippen molar-refractivity contribution in [3.63, 3.8) is 0 Å². The molecule has 7 heteroatoms. The summed E-state index contributed by atoms with van der Waals surface area (Å²) in [6, 6.07) is 3.07. The molecule has 0 amide bonds. The van der Waals surface area contributed by atoms with Gasteiger partial charge in [-0.3, -0.25) is 0 Å². The number of hydrogen-bond donors (Lipinski definition) is 2. The van der Waals surface area contributed by atoms with E-state index in [4.69, 9.17) is 16.7 Å². The van der Waals surface area contributed by atoms with E-state index in [1.807, 2.05) is 0 Å². The molecule has 2 N–H and O–H groups in total. The molecule has 0 saturated carbocycles. The van der Waals surface area contributed by atoms with Gasteiger partial charge >= 0.3 is 0 Å². The third-order valence-electron chi connectivity index (χ3n) is 2.35. The Morgan fingerprint density at radius 2 is 2.06 bits per heavy atom. The monoisotopic (exact) mass is 295 g/mol. The highest BCUT2D eigenvalue weighted by molar-refractivity contribution is 7.89. The van der Waals surface area contributed by atoms with Crippen molar-refractivity contribution < 1.29 is 17.9 Å². The zero-order valence-corrected chi connectivity index (χ0v) is 11.6. The molecule has 1 aromatic carbocycles. The smallest absolute Gasteiger partial charge is 0.242 e. The van der Waals surface area contributed by atoms with Gasteiger partial charge < -0.3 is 5.11 Å². The molecular formula is C11H15ClFNO3S. The van der Waals surface area contributed by atoms with Gasteiger partial charge in [0, 0.05) is 18.6 Å². The van der Waals surface area contributed by atoms with Crippen molar-refractivity contribution in [2.75, 3.05) is 13.2 Å². The highest BCUT2D eigenvalue weighted by atomic mass is 35.5. The van der Waals surface area contributed by atoms with E-state index in [0.29, 0.717) is 0 Å². The zero-order chi connectivity index (χ0) is 14.0. The molecule has 0 bridgehead atoms. The summed E-state index contributed by atoms with van der Waals surface area (Å²) in [6.07, 6.45) is 0. The maximum atomic E-state index is 12.8. The summed E-state index contributed by atoms with van der Waals surface area (Å²) in [6.45, 7) is 3.32. The number of rotatable bonds is 5. The van der Waals surface area contributed by atoms with Gasteiger partial charge in [0.1, 0.15) is 10.7 Å². The first-order valence-corrected chi connectivity index (χ1v) is 7.10. The van der Waals surface area contributed by atoms with Crippen LogP contribution in [0, 0.1) is 11.2 Å². The van der Waals surface area contributed by atoms with Crippen molar-refractivity contribution in [3.05, 3.63) is 29.0 Å². The van der Waals surface area contributed by atoms with Crippen LogP contribution in [0.3, 0.4) is 0 Å². The third kappa shape index (κ3) is 3.91. The molecule has 0 aliphatic heterocycles. The van der Waals surface area contributed by atoms with Crippen LogP contribution in [0.25, 0.3) is 0 Å². The summed E-state index contributed by atoms with van der Waals surface area (Å²) in [5.74, 6) is -0.602. The summed E-state index contributed by atoms with van der Waals surface area (Å²) >= 11 is 5.69.